The third-order valence-corrected chi connectivity index (χ3v) is 2.21. The molecule has 0 aliphatic carbocycles. The predicted molar refractivity (Wildman–Crippen MR) is 55.9 cm³/mol. The second-order valence-electron chi connectivity index (χ2n) is 4.46. The Morgan fingerprint density at radius 1 is 1.25 bits per heavy atom. The van der Waals surface area contributed by atoms with Crippen LogP contribution < -0.4 is 0 Å². The zero-order valence-corrected chi connectivity index (χ0v) is 9.20. The van der Waals surface area contributed by atoms with Crippen LogP contribution in [0.1, 0.15) is 53.9 Å². The summed E-state index contributed by atoms with van der Waals surface area (Å²) in [6, 6.07) is 0. The first-order valence-electron chi connectivity index (χ1n) is 4.94. The molecule has 0 saturated carbocycles. The van der Waals surface area contributed by atoms with E-state index < -0.39 is 0 Å². The van der Waals surface area contributed by atoms with Gasteiger partial charge in [-0.1, -0.05) is 46.5 Å². The molecule has 0 rings (SSSR count). The molecule has 0 spiro atoms. The van der Waals surface area contributed by atoms with Gasteiger partial charge in [0.05, 0.1) is 0 Å². The van der Waals surface area contributed by atoms with E-state index in [0.717, 1.165) is 0 Å². The average molecular weight is 166 g/mol. The summed E-state index contributed by atoms with van der Waals surface area (Å²) < 4.78 is 0. The molecule has 0 unspecified atom stereocenters. The van der Waals surface area contributed by atoms with Gasteiger partial charge in [-0.2, -0.15) is 0 Å². The van der Waals surface area contributed by atoms with Crippen LogP contribution in [0.5, 0.6) is 0 Å². The third kappa shape index (κ3) is 4.44. The number of unbranched alkanes of at least 4 members (excludes halogenated alkanes) is 1. The first-order valence-corrected chi connectivity index (χ1v) is 4.94. The summed E-state index contributed by atoms with van der Waals surface area (Å²) in [6.07, 6.45) is 3.83. The van der Waals surface area contributed by atoms with Gasteiger partial charge in [-0.25, -0.2) is 0 Å². The monoisotopic (exact) mass is 166 g/mol. The molecule has 0 aromatic carbocycles. The van der Waals surface area contributed by atoms with Gasteiger partial charge in [0.15, 0.2) is 0 Å². The summed E-state index contributed by atoms with van der Waals surface area (Å²) in [5.41, 5.74) is 0.345. The second kappa shape index (κ2) is 5.25. The molecule has 0 radical (unpaired) electrons. The van der Waals surface area contributed by atoms with E-state index in [1.807, 2.05) is 6.92 Å². The van der Waals surface area contributed by atoms with Crippen molar-refractivity contribution in [3.05, 3.63) is 0 Å². The highest BCUT2D eigenvalue weighted by molar-refractivity contribution is 5.04. The maximum absolute atomic E-state index is 3.31. The Balaban J connectivity index is 4.11. The Morgan fingerprint density at radius 3 is 2.17 bits per heavy atom. The summed E-state index contributed by atoms with van der Waals surface area (Å²) >= 11 is 0. The molecule has 0 nitrogen and oxygen atoms in total. The van der Waals surface area contributed by atoms with Gasteiger partial charge in [0.1, 0.15) is 0 Å². The maximum atomic E-state index is 3.31. The summed E-state index contributed by atoms with van der Waals surface area (Å²) in [5.74, 6) is 6.91. The molecule has 1 atom stereocenters. The van der Waals surface area contributed by atoms with Crippen LogP contribution in [0.4, 0.5) is 0 Å². The van der Waals surface area contributed by atoms with E-state index in [0.29, 0.717) is 11.3 Å². The predicted octanol–water partition coefficient (Wildman–Crippen LogP) is 3.86. The minimum absolute atomic E-state index is 0.345. The Labute approximate surface area is 77.8 Å². The summed E-state index contributed by atoms with van der Waals surface area (Å²) in [4.78, 5) is 0. The van der Waals surface area contributed by atoms with Crippen LogP contribution in [-0.4, -0.2) is 0 Å². The number of rotatable bonds is 3. The van der Waals surface area contributed by atoms with E-state index >= 15 is 0 Å². The average Bonchev–Trinajstić information content (AvgIpc) is 1.95. The van der Waals surface area contributed by atoms with E-state index in [1.165, 1.54) is 19.3 Å². The van der Waals surface area contributed by atoms with Gasteiger partial charge < -0.3 is 0 Å². The van der Waals surface area contributed by atoms with Crippen LogP contribution >= 0.6 is 0 Å². The zero-order chi connectivity index (χ0) is 9.61. The van der Waals surface area contributed by atoms with Crippen molar-refractivity contribution in [3.63, 3.8) is 0 Å². The molecule has 0 amide bonds. The molecule has 0 N–H and O–H groups in total. The lowest BCUT2D eigenvalue weighted by Gasteiger charge is -2.26. The van der Waals surface area contributed by atoms with Gasteiger partial charge in [0.25, 0.3) is 0 Å². The van der Waals surface area contributed by atoms with Crippen molar-refractivity contribution in [2.75, 3.05) is 0 Å². The van der Waals surface area contributed by atoms with Gasteiger partial charge in [0, 0.05) is 5.92 Å². The minimum atomic E-state index is 0.345. The van der Waals surface area contributed by atoms with Gasteiger partial charge in [0.2, 0.25) is 0 Å². The van der Waals surface area contributed by atoms with Crippen molar-refractivity contribution in [1.82, 2.24) is 0 Å². The molecule has 0 saturated heterocycles. The Bertz CT molecular complexity index is 161. The summed E-state index contributed by atoms with van der Waals surface area (Å²) in [7, 11) is 0. The van der Waals surface area contributed by atoms with Gasteiger partial charge in [-0.05, 0) is 18.8 Å². The fourth-order valence-electron chi connectivity index (χ4n) is 1.30. The maximum Gasteiger partial charge on any atom is 0.0251 e. The van der Waals surface area contributed by atoms with Crippen molar-refractivity contribution in [2.24, 2.45) is 11.3 Å². The first kappa shape index (κ1) is 11.6. The number of hydrogen-bond donors (Lipinski definition) is 0. The van der Waals surface area contributed by atoms with E-state index in [2.05, 4.69) is 39.5 Å². The van der Waals surface area contributed by atoms with Crippen LogP contribution in [0.25, 0.3) is 0 Å². The Hall–Kier alpha value is -0.440. The second-order valence-corrected chi connectivity index (χ2v) is 4.46. The summed E-state index contributed by atoms with van der Waals surface area (Å²) in [6.45, 7) is 11.0. The molecule has 0 aromatic rings. The van der Waals surface area contributed by atoms with Crippen LogP contribution in [0.2, 0.25) is 0 Å². The van der Waals surface area contributed by atoms with Gasteiger partial charge in [-0.3, -0.25) is 0 Å². The van der Waals surface area contributed by atoms with Gasteiger partial charge in [-0.15, -0.1) is 5.92 Å². The molecule has 0 heterocycles. The van der Waals surface area contributed by atoms with Crippen molar-refractivity contribution in [1.29, 1.82) is 0 Å². The fourth-order valence-corrected chi connectivity index (χ4v) is 1.30. The molecule has 0 aliphatic heterocycles. The standard InChI is InChI=1S/C12H22/c1-6-8-10-11(9-7-2)12(3,4)5/h11H,6,8,10H2,1-5H3/t11-/m0/s1. The largest absolute Gasteiger partial charge is 0.106 e. The summed E-state index contributed by atoms with van der Waals surface area (Å²) in [5, 5.41) is 0. The van der Waals surface area contributed by atoms with E-state index in [9.17, 15) is 0 Å². The Morgan fingerprint density at radius 2 is 1.83 bits per heavy atom. The highest BCUT2D eigenvalue weighted by Gasteiger charge is 2.21. The SMILES string of the molecule is CC#C[C@@H](CCCC)C(C)(C)C. The molecular formula is C12H22. The lowest BCUT2D eigenvalue weighted by molar-refractivity contribution is 0.283. The fraction of sp³-hybridized carbons (Fsp3) is 0.833. The molecule has 0 aromatic heterocycles. The third-order valence-electron chi connectivity index (χ3n) is 2.21. The van der Waals surface area contributed by atoms with Gasteiger partial charge >= 0.3 is 0 Å². The van der Waals surface area contributed by atoms with Crippen molar-refractivity contribution in [3.8, 4) is 11.8 Å². The Kier molecular flexibility index (Phi) is 5.06. The van der Waals surface area contributed by atoms with Crippen LogP contribution in [-0.2, 0) is 0 Å². The minimum Gasteiger partial charge on any atom is -0.106 e. The highest BCUT2D eigenvalue weighted by atomic mass is 14.2. The molecule has 0 bridgehead atoms. The van der Waals surface area contributed by atoms with Crippen molar-refractivity contribution in [2.45, 2.75) is 53.9 Å². The van der Waals surface area contributed by atoms with E-state index in [-0.39, 0.29) is 0 Å². The zero-order valence-electron chi connectivity index (χ0n) is 9.20. The molecule has 0 fully saturated rings. The van der Waals surface area contributed by atoms with Crippen LogP contribution in [0.15, 0.2) is 0 Å². The number of hydrogen-bond acceptors (Lipinski definition) is 0. The van der Waals surface area contributed by atoms with E-state index in [1.54, 1.807) is 0 Å². The molecular weight excluding hydrogens is 144 g/mol. The lowest BCUT2D eigenvalue weighted by Crippen LogP contribution is -2.18. The molecule has 0 heteroatoms. The van der Waals surface area contributed by atoms with Crippen molar-refractivity contribution < 1.29 is 0 Å². The smallest absolute Gasteiger partial charge is 0.0251 e. The highest BCUT2D eigenvalue weighted by Crippen LogP contribution is 2.29. The molecule has 12 heavy (non-hydrogen) atoms. The normalized spacial score (nSPS) is 13.4. The first-order chi connectivity index (χ1) is 5.52. The lowest BCUT2D eigenvalue weighted by atomic mass is 9.78. The van der Waals surface area contributed by atoms with Crippen molar-refractivity contribution >= 4 is 0 Å². The molecule has 70 valence electrons. The topological polar surface area (TPSA) is 0 Å². The van der Waals surface area contributed by atoms with E-state index in [4.69, 9.17) is 0 Å². The van der Waals surface area contributed by atoms with Crippen LogP contribution in [0.3, 0.4) is 0 Å². The molecule has 0 aliphatic rings. The van der Waals surface area contributed by atoms with Crippen LogP contribution in [0, 0.1) is 23.2 Å². The quantitative estimate of drug-likeness (QED) is 0.558.